The minimum atomic E-state index is -0.824. The van der Waals surface area contributed by atoms with Crippen molar-refractivity contribution in [2.24, 2.45) is 0 Å². The second kappa shape index (κ2) is 24.6. The summed E-state index contributed by atoms with van der Waals surface area (Å²) in [6.45, 7) is 0. The summed E-state index contributed by atoms with van der Waals surface area (Å²) < 4.78 is 109. The van der Waals surface area contributed by atoms with E-state index in [4.69, 9.17) is 48.9 Å². The Labute approximate surface area is 398 Å². The molecule has 328 valence electrons. The van der Waals surface area contributed by atoms with Crippen LogP contribution in [0, 0.1) is 46.5 Å². The number of hydrogen-bond acceptors (Lipinski definition) is 8. The molecule has 4 N–H and O–H groups in total. The van der Waals surface area contributed by atoms with Gasteiger partial charge in [-0.15, -0.1) is 0 Å². The fraction of sp³-hybridized carbons (Fsp3) is 0.158. The minimum absolute atomic E-state index is 0. The molecule has 0 aliphatic heterocycles. The molecule has 0 heterocycles. The summed E-state index contributed by atoms with van der Waals surface area (Å²) in [5.74, 6) is -9.31. The molecular formula is C38H32F8N8NaO4S4+. The summed E-state index contributed by atoms with van der Waals surface area (Å²) in [5.41, 5.74) is 8.01. The Morgan fingerprint density at radius 1 is 0.397 bits per heavy atom. The second-order valence-electron chi connectivity index (χ2n) is 12.4. The third kappa shape index (κ3) is 16.1. The predicted molar refractivity (Wildman–Crippen MR) is 225 cm³/mol. The van der Waals surface area contributed by atoms with Gasteiger partial charge in [-0.05, 0) is 72.8 Å². The topological polar surface area (TPSA) is 129 Å². The summed E-state index contributed by atoms with van der Waals surface area (Å²) in [6, 6.07) is 10.7. The molecule has 63 heavy (non-hydrogen) atoms. The van der Waals surface area contributed by atoms with Crippen LogP contribution in [-0.2, 0) is 19.2 Å². The molecule has 0 radical (unpaired) electrons. The Kier molecular flexibility index (Phi) is 21.0. The van der Waals surface area contributed by atoms with Crippen molar-refractivity contribution in [3.8, 4) is 0 Å². The normalized spacial score (nSPS) is 10.1. The molecule has 25 heteroatoms. The van der Waals surface area contributed by atoms with E-state index in [0.717, 1.165) is 92.8 Å². The Morgan fingerprint density at radius 3 is 0.746 bits per heavy atom. The number of benzene rings is 4. The minimum Gasteiger partial charge on any atom is -0.277 e. The summed E-state index contributed by atoms with van der Waals surface area (Å²) in [6.07, 6.45) is -1.39. The van der Waals surface area contributed by atoms with Crippen molar-refractivity contribution in [2.75, 3.05) is 28.2 Å². The molecule has 0 aromatic heterocycles. The number of halogens is 8. The van der Waals surface area contributed by atoms with Crippen LogP contribution in [0.2, 0.25) is 0 Å². The molecule has 4 aromatic rings. The molecule has 4 rings (SSSR count). The number of carbonyl (C=O) groups excluding carboxylic acids is 4. The van der Waals surface area contributed by atoms with Crippen LogP contribution in [0.15, 0.2) is 72.8 Å². The fourth-order valence-corrected chi connectivity index (χ4v) is 5.58. The summed E-state index contributed by atoms with van der Waals surface area (Å²) >= 11 is 20.1. The third-order valence-electron chi connectivity index (χ3n) is 7.67. The van der Waals surface area contributed by atoms with Gasteiger partial charge < -0.3 is 0 Å². The smallest absolute Gasteiger partial charge is 0.277 e. The first kappa shape index (κ1) is 53.9. The van der Waals surface area contributed by atoms with Crippen LogP contribution in [0.5, 0.6) is 0 Å². The van der Waals surface area contributed by atoms with E-state index in [0.29, 0.717) is 0 Å². The number of hydrogen-bond donors (Lipinski definition) is 4. The largest absolute Gasteiger partial charge is 1.00 e. The molecule has 0 saturated heterocycles. The number of nitrogens with zero attached hydrogens (tertiary/aromatic N) is 4. The molecule has 4 aromatic carbocycles. The van der Waals surface area contributed by atoms with Crippen molar-refractivity contribution in [2.45, 2.75) is 12.8 Å². The monoisotopic (exact) mass is 967 g/mol. The fourth-order valence-electron chi connectivity index (χ4n) is 4.77. The molecule has 0 fully saturated rings. The van der Waals surface area contributed by atoms with E-state index in [2.05, 4.69) is 21.7 Å². The second-order valence-corrected chi connectivity index (χ2v) is 14.0. The van der Waals surface area contributed by atoms with Crippen LogP contribution in [0.4, 0.5) is 35.1 Å². The summed E-state index contributed by atoms with van der Waals surface area (Å²) in [4.78, 5) is 47.4. The molecule has 0 saturated carbocycles. The van der Waals surface area contributed by atoms with Crippen LogP contribution < -0.4 is 51.3 Å². The first-order valence-corrected chi connectivity index (χ1v) is 18.7. The van der Waals surface area contributed by atoms with Gasteiger partial charge >= 0.3 is 29.6 Å². The van der Waals surface area contributed by atoms with Gasteiger partial charge in [0.1, 0.15) is 79.3 Å². The van der Waals surface area contributed by atoms with Gasteiger partial charge in [-0.1, -0.05) is 48.9 Å². The molecule has 0 unspecified atom stereocenters. The zero-order valence-corrected chi connectivity index (χ0v) is 38.7. The van der Waals surface area contributed by atoms with E-state index in [9.17, 15) is 54.3 Å². The van der Waals surface area contributed by atoms with E-state index in [-0.39, 0.29) is 71.8 Å². The van der Waals surface area contributed by atoms with E-state index < -0.39 is 83.0 Å². The van der Waals surface area contributed by atoms with E-state index in [1.54, 1.807) is 0 Å². The maximum absolute atomic E-state index is 13.8. The Bertz CT molecular complexity index is 2110. The van der Waals surface area contributed by atoms with Crippen molar-refractivity contribution >= 4 is 92.5 Å². The third-order valence-corrected chi connectivity index (χ3v) is 9.64. The zero-order chi connectivity index (χ0) is 46.6. The standard InChI is InChI=1S/2C19H16F4N4O2S2.Na/c2*1-26(18(30)12-7-10(20)3-5-14(12)22)24-16(28)9-17(29)25-27(2)19(31)13-8-11(21)4-6-15(13)23;/h2*3-8H,9H2,1-2H3,(H,24,28)(H,25,29);/q;;+1. The number of rotatable bonds is 8. The summed E-state index contributed by atoms with van der Waals surface area (Å²) in [5, 5.41) is 3.83. The number of carbonyl (C=O) groups is 4. The van der Waals surface area contributed by atoms with Gasteiger partial charge in [0.05, 0.1) is 0 Å². The average molecular weight is 968 g/mol. The van der Waals surface area contributed by atoms with Crippen LogP contribution in [0.25, 0.3) is 0 Å². The van der Waals surface area contributed by atoms with Crippen LogP contribution in [-0.4, -0.2) is 91.8 Å². The van der Waals surface area contributed by atoms with Gasteiger partial charge in [-0.3, -0.25) is 60.9 Å². The number of nitrogens with one attached hydrogen (secondary N) is 4. The van der Waals surface area contributed by atoms with Crippen LogP contribution in [0.1, 0.15) is 35.1 Å². The molecule has 0 bridgehead atoms. The Morgan fingerprint density at radius 2 is 0.571 bits per heavy atom. The van der Waals surface area contributed by atoms with Gasteiger partial charge in [-0.25, -0.2) is 35.1 Å². The molecular weight excluding hydrogens is 936 g/mol. The van der Waals surface area contributed by atoms with Gasteiger partial charge in [-0.2, -0.15) is 0 Å². The maximum atomic E-state index is 13.8. The van der Waals surface area contributed by atoms with Crippen molar-refractivity contribution in [3.05, 3.63) is 142 Å². The first-order chi connectivity index (χ1) is 29.0. The van der Waals surface area contributed by atoms with Gasteiger partial charge in [0.25, 0.3) is 0 Å². The Hall–Kier alpha value is -5.24. The first-order valence-electron chi connectivity index (χ1n) is 17.1. The van der Waals surface area contributed by atoms with Crippen molar-refractivity contribution in [1.29, 1.82) is 0 Å². The SMILES string of the molecule is CN(NC(=O)CC(=O)NN(C)C(=S)c1cc(F)ccc1F)C(=S)c1cc(F)ccc1F.CN(NC(=O)CC(=O)NN(C)C(=S)c1cc(F)ccc1F)C(=S)c1cc(F)ccc1F.[Na+]. The van der Waals surface area contributed by atoms with Crippen molar-refractivity contribution in [1.82, 2.24) is 41.7 Å². The molecule has 0 aliphatic rings. The Balaban J connectivity index is 0.000000427. The average Bonchev–Trinajstić information content (AvgIpc) is 3.20. The quantitative estimate of drug-likeness (QED) is 0.0681. The number of thiocarbonyl (C=S) groups is 4. The number of amides is 4. The van der Waals surface area contributed by atoms with Crippen molar-refractivity contribution < 1.29 is 83.9 Å². The van der Waals surface area contributed by atoms with E-state index in [1.807, 2.05) is 0 Å². The molecule has 0 aliphatic carbocycles. The summed E-state index contributed by atoms with van der Waals surface area (Å²) in [7, 11) is 5.15. The molecule has 0 atom stereocenters. The van der Waals surface area contributed by atoms with Crippen molar-refractivity contribution in [3.63, 3.8) is 0 Å². The molecule has 0 spiro atoms. The molecule has 12 nitrogen and oxygen atoms in total. The van der Waals surface area contributed by atoms with Crippen LogP contribution in [0.3, 0.4) is 0 Å². The number of hydrazine groups is 4. The zero-order valence-electron chi connectivity index (χ0n) is 33.4. The maximum Gasteiger partial charge on any atom is 1.00 e. The van der Waals surface area contributed by atoms with E-state index >= 15 is 0 Å². The van der Waals surface area contributed by atoms with Crippen LogP contribution >= 0.6 is 48.9 Å². The van der Waals surface area contributed by atoms with Gasteiger partial charge in [0.2, 0.25) is 23.6 Å². The van der Waals surface area contributed by atoms with Gasteiger partial charge in [0.15, 0.2) is 0 Å². The van der Waals surface area contributed by atoms with Gasteiger partial charge in [0, 0.05) is 50.4 Å². The predicted octanol–water partition coefficient (Wildman–Crippen LogP) is 2.22. The van der Waals surface area contributed by atoms with E-state index in [1.165, 1.54) is 28.2 Å². The molecule has 4 amide bonds.